The van der Waals surface area contributed by atoms with E-state index in [0.717, 1.165) is 5.56 Å². The molecular weight excluding hydrogens is 214 g/mol. The Balaban J connectivity index is 2.72. The van der Waals surface area contributed by atoms with Crippen LogP contribution in [0.15, 0.2) is 23.1 Å². The highest BCUT2D eigenvalue weighted by atomic mass is 32.2. The van der Waals surface area contributed by atoms with Gasteiger partial charge in [0.1, 0.15) is 0 Å². The molecule has 1 aromatic carbocycles. The van der Waals surface area contributed by atoms with Crippen LogP contribution in [0.5, 0.6) is 0 Å². The predicted octanol–water partition coefficient (Wildman–Crippen LogP) is 1.11. The molecule has 0 saturated heterocycles. The van der Waals surface area contributed by atoms with Crippen LogP contribution >= 0.6 is 0 Å². The van der Waals surface area contributed by atoms with E-state index in [1.165, 1.54) is 6.07 Å². The van der Waals surface area contributed by atoms with E-state index < -0.39 is 21.0 Å². The number of rotatable bonds is 0. The second-order valence-corrected chi connectivity index (χ2v) is 5.54. The Kier molecular flexibility index (Phi) is 2.08. The van der Waals surface area contributed by atoms with Crippen molar-refractivity contribution in [1.82, 2.24) is 0 Å². The molecule has 0 spiro atoms. The van der Waals surface area contributed by atoms with Crippen LogP contribution in [0.4, 0.5) is 5.69 Å². The minimum Gasteiger partial charge on any atom is -0.373 e. The minimum absolute atomic E-state index is 0.0798. The van der Waals surface area contributed by atoms with Crippen LogP contribution in [0.1, 0.15) is 12.5 Å². The number of hydrogen-bond donors (Lipinski definition) is 1. The molecule has 1 aromatic rings. The van der Waals surface area contributed by atoms with E-state index in [1.54, 1.807) is 19.1 Å². The first-order valence-corrected chi connectivity index (χ1v) is 6.07. The molecule has 1 N–H and O–H groups in total. The molecule has 15 heavy (non-hydrogen) atoms. The second kappa shape index (κ2) is 3.06. The molecule has 2 rings (SSSR count). The predicted molar refractivity (Wildman–Crippen MR) is 56.5 cm³/mol. The summed E-state index contributed by atoms with van der Waals surface area (Å²) in [7, 11) is -3.79. The quantitative estimate of drug-likeness (QED) is 0.718. The summed E-state index contributed by atoms with van der Waals surface area (Å²) in [6.45, 7) is 3.42. The van der Waals surface area contributed by atoms with Crippen LogP contribution in [0.25, 0.3) is 0 Å². The zero-order chi connectivity index (χ0) is 11.2. The topological polar surface area (TPSA) is 63.2 Å². The third-order valence-corrected chi connectivity index (χ3v) is 4.23. The Morgan fingerprint density at radius 3 is 2.67 bits per heavy atom. The molecule has 0 radical (unpaired) electrons. The maximum absolute atomic E-state index is 11.7. The van der Waals surface area contributed by atoms with Crippen LogP contribution in [0, 0.1) is 6.92 Å². The standard InChI is InChI=1S/C10H11NO3S/c1-6-3-4-9-8(5-6)11-7(2)10(12)15(9,13)14/h3-5,7,11H,1-2H3. The summed E-state index contributed by atoms with van der Waals surface area (Å²) in [4.78, 5) is 11.5. The number of hydrogen-bond acceptors (Lipinski definition) is 4. The summed E-state index contributed by atoms with van der Waals surface area (Å²) in [5.74, 6) is 0. The zero-order valence-corrected chi connectivity index (χ0v) is 9.26. The van der Waals surface area contributed by atoms with Crippen molar-refractivity contribution in [2.75, 3.05) is 5.32 Å². The molecule has 0 fully saturated rings. The number of sulfone groups is 1. The molecule has 1 unspecified atom stereocenters. The number of benzene rings is 1. The van der Waals surface area contributed by atoms with Gasteiger partial charge in [-0.15, -0.1) is 0 Å². The van der Waals surface area contributed by atoms with Crippen molar-refractivity contribution < 1.29 is 13.2 Å². The molecule has 0 saturated carbocycles. The van der Waals surface area contributed by atoms with Gasteiger partial charge in [0.2, 0.25) is 9.84 Å². The lowest BCUT2D eigenvalue weighted by Gasteiger charge is -2.22. The SMILES string of the molecule is Cc1ccc2c(c1)NC(C)C(=O)S2(=O)=O. The third-order valence-electron chi connectivity index (χ3n) is 2.42. The van der Waals surface area contributed by atoms with Gasteiger partial charge in [-0.25, -0.2) is 8.42 Å². The number of aryl methyl sites for hydroxylation is 1. The van der Waals surface area contributed by atoms with Crippen molar-refractivity contribution in [3.63, 3.8) is 0 Å². The summed E-state index contributed by atoms with van der Waals surface area (Å²) in [6, 6.07) is 4.21. The normalized spacial score (nSPS) is 23.1. The molecule has 1 atom stereocenters. The largest absolute Gasteiger partial charge is 0.373 e. The molecule has 0 amide bonds. The first kappa shape index (κ1) is 10.2. The highest BCUT2D eigenvalue weighted by Crippen LogP contribution is 2.29. The van der Waals surface area contributed by atoms with Crippen molar-refractivity contribution in [1.29, 1.82) is 0 Å². The monoisotopic (exact) mass is 225 g/mol. The Labute approximate surface area is 88.2 Å². The number of nitrogens with one attached hydrogen (secondary N) is 1. The molecule has 1 heterocycles. The van der Waals surface area contributed by atoms with Crippen molar-refractivity contribution in [3.8, 4) is 0 Å². The average molecular weight is 225 g/mol. The Bertz CT molecular complexity index is 534. The molecule has 0 aliphatic carbocycles. The smallest absolute Gasteiger partial charge is 0.272 e. The maximum atomic E-state index is 11.7. The van der Waals surface area contributed by atoms with Gasteiger partial charge in [-0.2, -0.15) is 0 Å². The highest BCUT2D eigenvalue weighted by Gasteiger charge is 2.36. The third kappa shape index (κ3) is 1.43. The lowest BCUT2D eigenvalue weighted by molar-refractivity contribution is -0.112. The van der Waals surface area contributed by atoms with Crippen molar-refractivity contribution >= 4 is 20.6 Å². The van der Waals surface area contributed by atoms with Gasteiger partial charge >= 0.3 is 0 Å². The Morgan fingerprint density at radius 2 is 2.00 bits per heavy atom. The average Bonchev–Trinajstić information content (AvgIpc) is 2.14. The van der Waals surface area contributed by atoms with Crippen molar-refractivity contribution in [2.24, 2.45) is 0 Å². The van der Waals surface area contributed by atoms with E-state index in [-0.39, 0.29) is 4.90 Å². The van der Waals surface area contributed by atoms with Gasteiger partial charge < -0.3 is 5.32 Å². The number of carbonyl (C=O) groups excluding carboxylic acids is 1. The Morgan fingerprint density at radius 1 is 1.33 bits per heavy atom. The number of anilines is 1. The fraction of sp³-hybridized carbons (Fsp3) is 0.300. The molecule has 1 aliphatic rings. The maximum Gasteiger partial charge on any atom is 0.272 e. The molecular formula is C10H11NO3S. The van der Waals surface area contributed by atoms with Gasteiger partial charge in [0.25, 0.3) is 5.12 Å². The summed E-state index contributed by atoms with van der Waals surface area (Å²) in [6.07, 6.45) is 0. The highest BCUT2D eigenvalue weighted by molar-refractivity contribution is 8.06. The van der Waals surface area contributed by atoms with E-state index in [2.05, 4.69) is 5.32 Å². The van der Waals surface area contributed by atoms with Crippen molar-refractivity contribution in [3.05, 3.63) is 23.8 Å². The van der Waals surface area contributed by atoms with Gasteiger partial charge in [-0.1, -0.05) is 6.07 Å². The van der Waals surface area contributed by atoms with Crippen LogP contribution < -0.4 is 5.32 Å². The summed E-state index contributed by atoms with van der Waals surface area (Å²) in [5, 5.41) is 2.11. The molecule has 4 nitrogen and oxygen atoms in total. The van der Waals surface area contributed by atoms with E-state index in [4.69, 9.17) is 0 Å². The lowest BCUT2D eigenvalue weighted by Crippen LogP contribution is -2.37. The van der Waals surface area contributed by atoms with E-state index in [9.17, 15) is 13.2 Å². The van der Waals surface area contributed by atoms with Crippen LogP contribution in [-0.2, 0) is 14.6 Å². The fourth-order valence-corrected chi connectivity index (χ4v) is 3.02. The van der Waals surface area contributed by atoms with Crippen LogP contribution in [0.3, 0.4) is 0 Å². The lowest BCUT2D eigenvalue weighted by atomic mass is 10.2. The van der Waals surface area contributed by atoms with E-state index >= 15 is 0 Å². The molecule has 5 heteroatoms. The van der Waals surface area contributed by atoms with E-state index in [1.807, 2.05) is 6.92 Å². The first-order valence-electron chi connectivity index (χ1n) is 4.59. The summed E-state index contributed by atoms with van der Waals surface area (Å²) in [5.41, 5.74) is 1.47. The van der Waals surface area contributed by atoms with Gasteiger partial charge in [0.15, 0.2) is 0 Å². The summed E-state index contributed by atoms with van der Waals surface area (Å²) < 4.78 is 23.5. The van der Waals surface area contributed by atoms with Gasteiger partial charge in [0, 0.05) is 0 Å². The molecule has 0 bridgehead atoms. The number of fused-ring (bicyclic) bond motifs is 1. The Hall–Kier alpha value is -1.36. The van der Waals surface area contributed by atoms with Crippen LogP contribution in [0.2, 0.25) is 0 Å². The fourth-order valence-electron chi connectivity index (χ4n) is 1.62. The summed E-state index contributed by atoms with van der Waals surface area (Å²) >= 11 is 0. The molecule has 80 valence electrons. The zero-order valence-electron chi connectivity index (χ0n) is 8.44. The number of carbonyl (C=O) groups is 1. The second-order valence-electron chi connectivity index (χ2n) is 3.69. The van der Waals surface area contributed by atoms with Gasteiger partial charge in [-0.3, -0.25) is 4.79 Å². The minimum atomic E-state index is -3.79. The van der Waals surface area contributed by atoms with E-state index in [0.29, 0.717) is 5.69 Å². The van der Waals surface area contributed by atoms with Gasteiger partial charge in [0.05, 0.1) is 16.6 Å². The molecule has 0 aromatic heterocycles. The molecule has 1 aliphatic heterocycles. The first-order chi connectivity index (χ1) is 6.93. The van der Waals surface area contributed by atoms with Crippen molar-refractivity contribution in [2.45, 2.75) is 24.8 Å². The van der Waals surface area contributed by atoms with Crippen LogP contribution in [-0.4, -0.2) is 19.6 Å². The van der Waals surface area contributed by atoms with Gasteiger partial charge in [-0.05, 0) is 31.5 Å².